The Morgan fingerprint density at radius 1 is 1.14 bits per heavy atom. The molecule has 0 aliphatic heterocycles. The van der Waals surface area contributed by atoms with Crippen LogP contribution in [0.25, 0.3) is 0 Å². The number of unbranched alkanes of at least 4 members (excludes halogenated alkanes) is 1. The number of hydrogen-bond acceptors (Lipinski definition) is 2. The third-order valence-electron chi connectivity index (χ3n) is 4.02. The number of ether oxygens (including phenoxy) is 1. The van der Waals surface area contributed by atoms with Crippen molar-refractivity contribution >= 4 is 0 Å². The van der Waals surface area contributed by atoms with Crippen LogP contribution >= 0.6 is 0 Å². The summed E-state index contributed by atoms with van der Waals surface area (Å²) in [4.78, 5) is 0. The van der Waals surface area contributed by atoms with Gasteiger partial charge in [-0.15, -0.1) is 0 Å². The molecule has 0 spiro atoms. The standard InChI is InChI=1S/C17H26F2O2/c1-4-7-12-21-14-10-8-13(9-11-14)17(20,6-3)15(5-2)16(18)19/h8-11,15-16,20H,4-7,12H2,1-3H3. The van der Waals surface area contributed by atoms with Crippen LogP contribution in [0.1, 0.15) is 52.0 Å². The van der Waals surface area contributed by atoms with Gasteiger partial charge in [0.1, 0.15) is 5.75 Å². The first-order valence-corrected chi connectivity index (χ1v) is 7.73. The highest BCUT2D eigenvalue weighted by Crippen LogP contribution is 2.39. The molecule has 2 atom stereocenters. The van der Waals surface area contributed by atoms with Gasteiger partial charge in [0.15, 0.2) is 0 Å². The summed E-state index contributed by atoms with van der Waals surface area (Å²) in [6, 6.07) is 6.86. The normalized spacial score (nSPS) is 15.8. The lowest BCUT2D eigenvalue weighted by molar-refractivity contribution is -0.0944. The van der Waals surface area contributed by atoms with Crippen LogP contribution in [0.3, 0.4) is 0 Å². The summed E-state index contributed by atoms with van der Waals surface area (Å²) < 4.78 is 31.9. The van der Waals surface area contributed by atoms with Gasteiger partial charge in [-0.2, -0.15) is 0 Å². The number of alkyl halides is 2. The van der Waals surface area contributed by atoms with Crippen molar-refractivity contribution in [3.63, 3.8) is 0 Å². The lowest BCUT2D eigenvalue weighted by Gasteiger charge is -2.35. The molecule has 0 aliphatic carbocycles. The molecule has 0 aromatic heterocycles. The van der Waals surface area contributed by atoms with Crippen molar-refractivity contribution < 1.29 is 18.6 Å². The Bertz CT molecular complexity index is 406. The van der Waals surface area contributed by atoms with Gasteiger partial charge in [-0.05, 0) is 37.0 Å². The zero-order chi connectivity index (χ0) is 15.9. The maximum Gasteiger partial charge on any atom is 0.244 e. The predicted octanol–water partition coefficient (Wildman–Crippen LogP) is 4.75. The third-order valence-corrected chi connectivity index (χ3v) is 4.02. The van der Waals surface area contributed by atoms with Gasteiger partial charge in [0.05, 0.1) is 18.1 Å². The van der Waals surface area contributed by atoms with Gasteiger partial charge in [0.2, 0.25) is 6.43 Å². The van der Waals surface area contributed by atoms with Crippen LogP contribution in [-0.4, -0.2) is 18.1 Å². The van der Waals surface area contributed by atoms with Gasteiger partial charge >= 0.3 is 0 Å². The molecule has 1 rings (SSSR count). The molecule has 1 N–H and O–H groups in total. The topological polar surface area (TPSA) is 29.5 Å². The van der Waals surface area contributed by atoms with E-state index in [1.165, 1.54) is 0 Å². The maximum atomic E-state index is 13.2. The van der Waals surface area contributed by atoms with Gasteiger partial charge in [-0.3, -0.25) is 0 Å². The fraction of sp³-hybridized carbons (Fsp3) is 0.647. The van der Waals surface area contributed by atoms with E-state index in [0.29, 0.717) is 17.9 Å². The van der Waals surface area contributed by atoms with E-state index in [0.717, 1.165) is 12.8 Å². The van der Waals surface area contributed by atoms with Crippen LogP contribution in [0.4, 0.5) is 8.78 Å². The van der Waals surface area contributed by atoms with Crippen LogP contribution in [0.5, 0.6) is 5.75 Å². The number of rotatable bonds is 9. The van der Waals surface area contributed by atoms with Gasteiger partial charge in [-0.25, -0.2) is 8.78 Å². The van der Waals surface area contributed by atoms with Gasteiger partial charge in [-0.1, -0.05) is 39.3 Å². The van der Waals surface area contributed by atoms with Crippen LogP contribution in [0.2, 0.25) is 0 Å². The molecule has 0 saturated heterocycles. The van der Waals surface area contributed by atoms with Crippen molar-refractivity contribution in [2.45, 2.75) is 58.5 Å². The number of benzene rings is 1. The molecule has 0 fully saturated rings. The minimum absolute atomic E-state index is 0.233. The van der Waals surface area contributed by atoms with Crippen molar-refractivity contribution in [2.75, 3.05) is 6.61 Å². The summed E-state index contributed by atoms with van der Waals surface area (Å²) in [7, 11) is 0. The van der Waals surface area contributed by atoms with E-state index in [9.17, 15) is 13.9 Å². The highest BCUT2D eigenvalue weighted by molar-refractivity contribution is 5.31. The minimum Gasteiger partial charge on any atom is -0.494 e. The average molecular weight is 300 g/mol. The van der Waals surface area contributed by atoms with E-state index in [4.69, 9.17) is 4.74 Å². The first-order valence-electron chi connectivity index (χ1n) is 7.73. The lowest BCUT2D eigenvalue weighted by atomic mass is 9.78. The first kappa shape index (κ1) is 17.9. The lowest BCUT2D eigenvalue weighted by Crippen LogP contribution is -2.38. The smallest absolute Gasteiger partial charge is 0.244 e. The molecule has 4 heteroatoms. The van der Waals surface area contributed by atoms with Crippen molar-refractivity contribution in [2.24, 2.45) is 5.92 Å². The Morgan fingerprint density at radius 3 is 2.19 bits per heavy atom. The Hall–Kier alpha value is -1.16. The van der Waals surface area contributed by atoms with E-state index in [2.05, 4.69) is 6.92 Å². The van der Waals surface area contributed by atoms with Gasteiger partial charge in [0.25, 0.3) is 0 Å². The SMILES string of the molecule is CCCCOc1ccc(C(O)(CC)C(CC)C(F)F)cc1. The highest BCUT2D eigenvalue weighted by atomic mass is 19.3. The van der Waals surface area contributed by atoms with Crippen molar-refractivity contribution in [3.8, 4) is 5.75 Å². The van der Waals surface area contributed by atoms with E-state index in [-0.39, 0.29) is 12.8 Å². The van der Waals surface area contributed by atoms with E-state index in [1.807, 2.05) is 0 Å². The molecule has 0 bridgehead atoms. The van der Waals surface area contributed by atoms with E-state index in [1.54, 1.807) is 38.1 Å². The zero-order valence-electron chi connectivity index (χ0n) is 13.1. The monoisotopic (exact) mass is 300 g/mol. The summed E-state index contributed by atoms with van der Waals surface area (Å²) in [5, 5.41) is 10.7. The van der Waals surface area contributed by atoms with Crippen LogP contribution < -0.4 is 4.74 Å². The van der Waals surface area contributed by atoms with Crippen molar-refractivity contribution in [3.05, 3.63) is 29.8 Å². The first-order chi connectivity index (χ1) is 9.99. The third kappa shape index (κ3) is 4.40. The van der Waals surface area contributed by atoms with Crippen LogP contribution in [0, 0.1) is 5.92 Å². The Balaban J connectivity index is 2.90. The van der Waals surface area contributed by atoms with Crippen molar-refractivity contribution in [1.29, 1.82) is 0 Å². The van der Waals surface area contributed by atoms with E-state index >= 15 is 0 Å². The average Bonchev–Trinajstić information content (AvgIpc) is 2.48. The van der Waals surface area contributed by atoms with Gasteiger partial charge < -0.3 is 9.84 Å². The molecule has 0 heterocycles. The summed E-state index contributed by atoms with van der Waals surface area (Å²) in [5.74, 6) is -0.356. The van der Waals surface area contributed by atoms with Gasteiger partial charge in [0, 0.05) is 0 Å². The Kier molecular flexibility index (Phi) is 7.09. The fourth-order valence-corrected chi connectivity index (χ4v) is 2.58. The fourth-order valence-electron chi connectivity index (χ4n) is 2.58. The zero-order valence-corrected chi connectivity index (χ0v) is 13.1. The molecule has 1 aromatic rings. The molecule has 1 aromatic carbocycles. The number of hydrogen-bond donors (Lipinski definition) is 1. The van der Waals surface area contributed by atoms with E-state index < -0.39 is 17.9 Å². The summed E-state index contributed by atoms with van der Waals surface area (Å²) in [5.41, 5.74) is -0.967. The quantitative estimate of drug-likeness (QED) is 0.667. The minimum atomic E-state index is -2.54. The molecule has 2 nitrogen and oxygen atoms in total. The Morgan fingerprint density at radius 2 is 1.76 bits per heavy atom. The van der Waals surface area contributed by atoms with Crippen molar-refractivity contribution in [1.82, 2.24) is 0 Å². The number of halogens is 2. The molecule has 120 valence electrons. The second-order valence-corrected chi connectivity index (χ2v) is 5.35. The maximum absolute atomic E-state index is 13.2. The number of aliphatic hydroxyl groups is 1. The van der Waals surface area contributed by atoms with Crippen LogP contribution in [-0.2, 0) is 5.60 Å². The molecular weight excluding hydrogens is 274 g/mol. The molecule has 2 unspecified atom stereocenters. The molecular formula is C17H26F2O2. The second-order valence-electron chi connectivity index (χ2n) is 5.35. The predicted molar refractivity (Wildman–Crippen MR) is 80.8 cm³/mol. The molecule has 0 aliphatic rings. The molecule has 21 heavy (non-hydrogen) atoms. The van der Waals surface area contributed by atoms with Crippen LogP contribution in [0.15, 0.2) is 24.3 Å². The highest BCUT2D eigenvalue weighted by Gasteiger charge is 2.41. The second kappa shape index (κ2) is 8.32. The summed E-state index contributed by atoms with van der Waals surface area (Å²) in [6.07, 6.45) is -0.0206. The largest absolute Gasteiger partial charge is 0.494 e. The Labute approximate surface area is 126 Å². The summed E-state index contributed by atoms with van der Waals surface area (Å²) in [6.45, 7) is 6.14. The summed E-state index contributed by atoms with van der Waals surface area (Å²) >= 11 is 0. The molecule has 0 radical (unpaired) electrons. The molecule has 0 amide bonds. The molecule has 0 saturated carbocycles.